The summed E-state index contributed by atoms with van der Waals surface area (Å²) in [7, 11) is 1.98. The fourth-order valence-electron chi connectivity index (χ4n) is 1.98. The van der Waals surface area contributed by atoms with Gasteiger partial charge < -0.3 is 4.90 Å². The zero-order chi connectivity index (χ0) is 14.5. The molecule has 2 aromatic rings. The van der Waals surface area contributed by atoms with Crippen LogP contribution in [0.15, 0.2) is 41.3 Å². The van der Waals surface area contributed by atoms with Gasteiger partial charge in [-0.25, -0.2) is 4.68 Å². The molecule has 1 heterocycles. The Labute approximate surface area is 132 Å². The standard InChI is InChI=1S/C15H18IN3O/c1-3-8-18(2)14-9-15(20)19(17-10-14)11-12-4-6-13(16)7-5-12/h4-7,9-10H,3,8,11H2,1-2H3. The van der Waals surface area contributed by atoms with E-state index in [1.807, 2.05) is 36.2 Å². The number of hydrogen-bond acceptors (Lipinski definition) is 3. The molecule has 0 saturated heterocycles. The number of hydrogen-bond donors (Lipinski definition) is 0. The molecule has 0 aliphatic rings. The molecule has 1 aromatic heterocycles. The van der Waals surface area contributed by atoms with Crippen molar-refractivity contribution in [2.24, 2.45) is 0 Å². The summed E-state index contributed by atoms with van der Waals surface area (Å²) >= 11 is 2.26. The van der Waals surface area contributed by atoms with Gasteiger partial charge >= 0.3 is 0 Å². The maximum atomic E-state index is 12.1. The van der Waals surface area contributed by atoms with Crippen LogP contribution in [0.4, 0.5) is 5.69 Å². The maximum Gasteiger partial charge on any atom is 0.269 e. The van der Waals surface area contributed by atoms with Crippen molar-refractivity contribution < 1.29 is 0 Å². The third-order valence-corrected chi connectivity index (χ3v) is 3.82. The molecular weight excluding hydrogens is 365 g/mol. The predicted octanol–water partition coefficient (Wildman–Crippen LogP) is 2.74. The molecule has 0 saturated carbocycles. The molecule has 106 valence electrons. The third kappa shape index (κ3) is 3.82. The number of halogens is 1. The van der Waals surface area contributed by atoms with E-state index in [9.17, 15) is 4.79 Å². The summed E-state index contributed by atoms with van der Waals surface area (Å²) in [5.74, 6) is 0. The second-order valence-electron chi connectivity index (χ2n) is 4.76. The lowest BCUT2D eigenvalue weighted by molar-refractivity contribution is 0.637. The molecule has 0 aliphatic heterocycles. The average Bonchev–Trinajstić information content (AvgIpc) is 2.43. The number of rotatable bonds is 5. The van der Waals surface area contributed by atoms with E-state index in [0.717, 1.165) is 24.2 Å². The number of anilines is 1. The summed E-state index contributed by atoms with van der Waals surface area (Å²) in [4.78, 5) is 14.1. The van der Waals surface area contributed by atoms with Gasteiger partial charge in [0, 0.05) is 23.2 Å². The van der Waals surface area contributed by atoms with Crippen molar-refractivity contribution in [3.8, 4) is 0 Å². The van der Waals surface area contributed by atoms with Crippen molar-refractivity contribution in [3.63, 3.8) is 0 Å². The van der Waals surface area contributed by atoms with Crippen LogP contribution in [0.1, 0.15) is 18.9 Å². The predicted molar refractivity (Wildman–Crippen MR) is 90.3 cm³/mol. The molecule has 0 N–H and O–H groups in total. The third-order valence-electron chi connectivity index (χ3n) is 3.10. The van der Waals surface area contributed by atoms with Crippen LogP contribution in [-0.2, 0) is 6.54 Å². The Bertz CT molecular complexity index is 622. The van der Waals surface area contributed by atoms with E-state index in [2.05, 4.69) is 34.6 Å². The van der Waals surface area contributed by atoms with Crippen molar-refractivity contribution in [3.05, 3.63) is 56.0 Å². The Balaban J connectivity index is 2.17. The van der Waals surface area contributed by atoms with Crippen LogP contribution in [0.3, 0.4) is 0 Å². The van der Waals surface area contributed by atoms with Gasteiger partial charge in [0.05, 0.1) is 18.4 Å². The molecule has 5 heteroatoms. The minimum Gasteiger partial charge on any atom is -0.373 e. The molecule has 0 atom stereocenters. The Hall–Kier alpha value is -1.37. The highest BCUT2D eigenvalue weighted by atomic mass is 127. The topological polar surface area (TPSA) is 38.1 Å². The lowest BCUT2D eigenvalue weighted by Gasteiger charge is -2.17. The first-order valence-electron chi connectivity index (χ1n) is 6.63. The molecule has 0 aliphatic carbocycles. The van der Waals surface area contributed by atoms with Crippen molar-refractivity contribution in [1.82, 2.24) is 9.78 Å². The van der Waals surface area contributed by atoms with Crippen molar-refractivity contribution in [2.45, 2.75) is 19.9 Å². The van der Waals surface area contributed by atoms with Crippen LogP contribution in [0.2, 0.25) is 0 Å². The Morgan fingerprint density at radius 1 is 1.30 bits per heavy atom. The molecule has 2 rings (SSSR count). The molecule has 0 amide bonds. The second-order valence-corrected chi connectivity index (χ2v) is 6.00. The highest BCUT2D eigenvalue weighted by Gasteiger charge is 2.04. The molecule has 0 bridgehead atoms. The van der Waals surface area contributed by atoms with E-state index in [1.165, 1.54) is 8.25 Å². The van der Waals surface area contributed by atoms with E-state index in [1.54, 1.807) is 12.3 Å². The summed E-state index contributed by atoms with van der Waals surface area (Å²) in [5, 5.41) is 4.26. The van der Waals surface area contributed by atoms with Gasteiger partial charge in [-0.15, -0.1) is 0 Å². The first kappa shape index (κ1) is 15.0. The molecule has 20 heavy (non-hydrogen) atoms. The molecule has 0 unspecified atom stereocenters. The maximum absolute atomic E-state index is 12.1. The van der Waals surface area contributed by atoms with Crippen molar-refractivity contribution in [2.75, 3.05) is 18.5 Å². The van der Waals surface area contributed by atoms with Gasteiger partial charge in [0.25, 0.3) is 5.56 Å². The van der Waals surface area contributed by atoms with E-state index in [-0.39, 0.29) is 5.56 Å². The van der Waals surface area contributed by atoms with Gasteiger partial charge in [-0.2, -0.15) is 5.10 Å². The van der Waals surface area contributed by atoms with E-state index >= 15 is 0 Å². The molecule has 0 radical (unpaired) electrons. The van der Waals surface area contributed by atoms with Gasteiger partial charge in [-0.1, -0.05) is 19.1 Å². The Kier molecular flexibility index (Phi) is 5.17. The lowest BCUT2D eigenvalue weighted by atomic mass is 10.2. The fraction of sp³-hybridized carbons (Fsp3) is 0.333. The van der Waals surface area contributed by atoms with E-state index < -0.39 is 0 Å². The summed E-state index contributed by atoms with van der Waals surface area (Å²) in [5.41, 5.74) is 1.88. The monoisotopic (exact) mass is 383 g/mol. The van der Waals surface area contributed by atoms with Crippen LogP contribution in [0, 0.1) is 3.57 Å². The summed E-state index contributed by atoms with van der Waals surface area (Å²) in [6.07, 6.45) is 2.80. The molecular formula is C15H18IN3O. The smallest absolute Gasteiger partial charge is 0.269 e. The van der Waals surface area contributed by atoms with Crippen LogP contribution in [0.5, 0.6) is 0 Å². The van der Waals surface area contributed by atoms with Gasteiger partial charge in [-0.3, -0.25) is 4.79 Å². The normalized spacial score (nSPS) is 10.6. The summed E-state index contributed by atoms with van der Waals surface area (Å²) in [6.45, 7) is 3.54. The second kappa shape index (κ2) is 6.88. The first-order chi connectivity index (χ1) is 9.60. The Morgan fingerprint density at radius 3 is 2.60 bits per heavy atom. The number of benzene rings is 1. The van der Waals surface area contributed by atoms with E-state index in [0.29, 0.717) is 6.54 Å². The average molecular weight is 383 g/mol. The van der Waals surface area contributed by atoms with Crippen LogP contribution < -0.4 is 10.5 Å². The zero-order valence-corrected chi connectivity index (χ0v) is 13.9. The molecule has 0 spiro atoms. The number of nitrogens with zero attached hydrogens (tertiary/aromatic N) is 3. The largest absolute Gasteiger partial charge is 0.373 e. The minimum atomic E-state index is -0.0657. The van der Waals surface area contributed by atoms with Crippen LogP contribution in [-0.4, -0.2) is 23.4 Å². The highest BCUT2D eigenvalue weighted by molar-refractivity contribution is 14.1. The van der Waals surface area contributed by atoms with Crippen molar-refractivity contribution >= 4 is 28.3 Å². The number of aromatic nitrogens is 2. The minimum absolute atomic E-state index is 0.0657. The molecule has 4 nitrogen and oxygen atoms in total. The first-order valence-corrected chi connectivity index (χ1v) is 7.70. The zero-order valence-electron chi connectivity index (χ0n) is 11.7. The van der Waals surface area contributed by atoms with Crippen LogP contribution in [0.25, 0.3) is 0 Å². The van der Waals surface area contributed by atoms with Gasteiger partial charge in [0.1, 0.15) is 0 Å². The highest BCUT2D eigenvalue weighted by Crippen LogP contribution is 2.09. The quantitative estimate of drug-likeness (QED) is 0.746. The van der Waals surface area contributed by atoms with Gasteiger partial charge in [-0.05, 0) is 46.7 Å². The molecule has 1 aromatic carbocycles. The van der Waals surface area contributed by atoms with E-state index in [4.69, 9.17) is 0 Å². The van der Waals surface area contributed by atoms with Crippen molar-refractivity contribution in [1.29, 1.82) is 0 Å². The van der Waals surface area contributed by atoms with Crippen LogP contribution >= 0.6 is 22.6 Å². The Morgan fingerprint density at radius 2 is 2.00 bits per heavy atom. The molecule has 0 fully saturated rings. The summed E-state index contributed by atoms with van der Waals surface area (Å²) < 4.78 is 2.68. The van der Waals surface area contributed by atoms with Gasteiger partial charge in [0.15, 0.2) is 0 Å². The lowest BCUT2D eigenvalue weighted by Crippen LogP contribution is -2.26. The summed E-state index contributed by atoms with van der Waals surface area (Å²) in [6, 6.07) is 9.75. The SMILES string of the molecule is CCCN(C)c1cnn(Cc2ccc(I)cc2)c(=O)c1. The fourth-order valence-corrected chi connectivity index (χ4v) is 2.34. The van der Waals surface area contributed by atoms with Gasteiger partial charge in [0.2, 0.25) is 0 Å².